The van der Waals surface area contributed by atoms with Crippen molar-refractivity contribution in [2.75, 3.05) is 14.2 Å². The number of hydrogen-bond acceptors (Lipinski definition) is 3. The van der Waals surface area contributed by atoms with Crippen LogP contribution in [0.2, 0.25) is 5.02 Å². The highest BCUT2D eigenvalue weighted by Gasteiger charge is 2.14. The maximum absolute atomic E-state index is 10.7. The van der Waals surface area contributed by atoms with E-state index in [1.54, 1.807) is 6.92 Å². The second-order valence-corrected chi connectivity index (χ2v) is 3.16. The number of carbonyl (C=O) groups is 1. The average Bonchev–Trinajstić information content (AvgIpc) is 2.17. The number of ether oxygens (including phenoxy) is 2. The molecule has 76 valence electrons. The van der Waals surface area contributed by atoms with E-state index in [0.717, 1.165) is 5.56 Å². The molecule has 0 atom stereocenters. The van der Waals surface area contributed by atoms with Crippen LogP contribution in [0.3, 0.4) is 0 Å². The molecule has 0 spiro atoms. The molecule has 0 heterocycles. The van der Waals surface area contributed by atoms with Crippen LogP contribution in [0.1, 0.15) is 15.9 Å². The second-order valence-electron chi connectivity index (χ2n) is 2.76. The van der Waals surface area contributed by atoms with Crippen LogP contribution in [0.5, 0.6) is 11.5 Å². The normalized spacial score (nSPS) is 9.71. The minimum absolute atomic E-state index is 0.410. The largest absolute Gasteiger partial charge is 0.496 e. The van der Waals surface area contributed by atoms with Gasteiger partial charge in [-0.15, -0.1) is 0 Å². The van der Waals surface area contributed by atoms with Crippen molar-refractivity contribution in [3.8, 4) is 11.5 Å². The third-order valence-electron chi connectivity index (χ3n) is 1.98. The summed E-state index contributed by atoms with van der Waals surface area (Å²) in [7, 11) is 3.02. The van der Waals surface area contributed by atoms with E-state index in [9.17, 15) is 4.79 Å². The van der Waals surface area contributed by atoms with E-state index in [1.165, 1.54) is 20.3 Å². The van der Waals surface area contributed by atoms with Gasteiger partial charge in [-0.2, -0.15) is 0 Å². The number of halogens is 1. The maximum atomic E-state index is 10.7. The van der Waals surface area contributed by atoms with Crippen LogP contribution in [-0.4, -0.2) is 20.5 Å². The summed E-state index contributed by atoms with van der Waals surface area (Å²) in [6.07, 6.45) is 0.706. The molecule has 0 fully saturated rings. The minimum atomic E-state index is 0.410. The molecule has 0 saturated heterocycles. The quantitative estimate of drug-likeness (QED) is 0.726. The summed E-state index contributed by atoms with van der Waals surface area (Å²) >= 11 is 5.90. The predicted molar refractivity (Wildman–Crippen MR) is 54.7 cm³/mol. The molecule has 0 aliphatic carbocycles. The Balaban J connectivity index is 3.46. The molecule has 0 aliphatic heterocycles. The van der Waals surface area contributed by atoms with Gasteiger partial charge in [0.2, 0.25) is 0 Å². The average molecular weight is 215 g/mol. The molecule has 0 N–H and O–H groups in total. The van der Waals surface area contributed by atoms with Crippen molar-refractivity contribution >= 4 is 17.9 Å². The molecule has 4 heteroatoms. The fourth-order valence-corrected chi connectivity index (χ4v) is 1.71. The molecule has 0 unspecified atom stereocenters. The maximum Gasteiger partial charge on any atom is 0.153 e. The number of rotatable bonds is 3. The predicted octanol–water partition coefficient (Wildman–Crippen LogP) is 2.48. The Morgan fingerprint density at radius 1 is 1.29 bits per heavy atom. The van der Waals surface area contributed by atoms with Crippen LogP contribution in [0.15, 0.2) is 6.07 Å². The van der Waals surface area contributed by atoms with Gasteiger partial charge in [-0.3, -0.25) is 4.79 Å². The molecule has 0 bridgehead atoms. The first-order chi connectivity index (χ1) is 6.65. The summed E-state index contributed by atoms with van der Waals surface area (Å²) in [6, 6.07) is 1.53. The van der Waals surface area contributed by atoms with E-state index < -0.39 is 0 Å². The first-order valence-electron chi connectivity index (χ1n) is 4.02. The summed E-state index contributed by atoms with van der Waals surface area (Å²) in [5.74, 6) is 1.04. The Labute approximate surface area is 87.6 Å². The Morgan fingerprint density at radius 2 is 1.86 bits per heavy atom. The molecular weight excluding hydrogens is 204 g/mol. The van der Waals surface area contributed by atoms with Crippen molar-refractivity contribution in [1.29, 1.82) is 0 Å². The van der Waals surface area contributed by atoms with Crippen molar-refractivity contribution < 1.29 is 14.3 Å². The number of hydrogen-bond donors (Lipinski definition) is 0. The van der Waals surface area contributed by atoms with E-state index in [2.05, 4.69) is 0 Å². The van der Waals surface area contributed by atoms with E-state index in [-0.39, 0.29) is 0 Å². The molecule has 3 nitrogen and oxygen atoms in total. The molecule has 1 rings (SSSR count). The standard InChI is InChI=1S/C10H11ClO3/c1-6-9(13-2)7(5-12)4-8(11)10(6)14-3/h4-5H,1-3H3. The molecule has 1 aromatic rings. The molecule has 0 saturated carbocycles. The lowest BCUT2D eigenvalue weighted by molar-refractivity contribution is 0.112. The van der Waals surface area contributed by atoms with Gasteiger partial charge in [0.05, 0.1) is 24.8 Å². The number of carbonyl (C=O) groups excluding carboxylic acids is 1. The van der Waals surface area contributed by atoms with Crippen LogP contribution in [-0.2, 0) is 0 Å². The molecular formula is C10H11ClO3. The molecule has 0 amide bonds. The van der Waals surface area contributed by atoms with Crippen molar-refractivity contribution in [3.05, 3.63) is 22.2 Å². The highest BCUT2D eigenvalue weighted by atomic mass is 35.5. The lowest BCUT2D eigenvalue weighted by Crippen LogP contribution is -1.97. The van der Waals surface area contributed by atoms with E-state index in [1.807, 2.05) is 0 Å². The smallest absolute Gasteiger partial charge is 0.153 e. The number of benzene rings is 1. The van der Waals surface area contributed by atoms with Crippen molar-refractivity contribution in [2.45, 2.75) is 6.92 Å². The van der Waals surface area contributed by atoms with Crippen LogP contribution in [0.25, 0.3) is 0 Å². The molecule has 0 aromatic heterocycles. The zero-order valence-corrected chi connectivity index (χ0v) is 9.01. The molecule has 14 heavy (non-hydrogen) atoms. The lowest BCUT2D eigenvalue weighted by atomic mass is 10.1. The number of methoxy groups -OCH3 is 2. The van der Waals surface area contributed by atoms with Gasteiger partial charge in [0.1, 0.15) is 11.5 Å². The van der Waals surface area contributed by atoms with Gasteiger partial charge in [-0.05, 0) is 13.0 Å². The molecule has 1 aromatic carbocycles. The topological polar surface area (TPSA) is 35.5 Å². The van der Waals surface area contributed by atoms with Gasteiger partial charge < -0.3 is 9.47 Å². The first-order valence-corrected chi connectivity index (χ1v) is 4.39. The van der Waals surface area contributed by atoms with Gasteiger partial charge in [0.15, 0.2) is 6.29 Å². The number of aldehydes is 1. The van der Waals surface area contributed by atoms with E-state index in [4.69, 9.17) is 21.1 Å². The minimum Gasteiger partial charge on any atom is -0.496 e. The second kappa shape index (κ2) is 4.33. The fourth-order valence-electron chi connectivity index (χ4n) is 1.38. The summed E-state index contributed by atoms with van der Waals surface area (Å²) < 4.78 is 10.2. The zero-order valence-electron chi connectivity index (χ0n) is 8.26. The van der Waals surface area contributed by atoms with Crippen LogP contribution in [0.4, 0.5) is 0 Å². The van der Waals surface area contributed by atoms with E-state index in [0.29, 0.717) is 28.4 Å². The Kier molecular flexibility index (Phi) is 3.36. The first kappa shape index (κ1) is 10.9. The van der Waals surface area contributed by atoms with Gasteiger partial charge >= 0.3 is 0 Å². The third kappa shape index (κ3) is 1.68. The van der Waals surface area contributed by atoms with Crippen LogP contribution < -0.4 is 9.47 Å². The van der Waals surface area contributed by atoms with Crippen molar-refractivity contribution in [2.24, 2.45) is 0 Å². The Hall–Kier alpha value is -1.22. The third-order valence-corrected chi connectivity index (χ3v) is 2.26. The SMILES string of the molecule is COc1c(Cl)cc(C=O)c(OC)c1C. The highest BCUT2D eigenvalue weighted by Crippen LogP contribution is 2.36. The van der Waals surface area contributed by atoms with Crippen LogP contribution >= 0.6 is 11.6 Å². The zero-order chi connectivity index (χ0) is 10.7. The van der Waals surface area contributed by atoms with Crippen molar-refractivity contribution in [3.63, 3.8) is 0 Å². The Bertz CT molecular complexity index is 361. The molecule has 0 radical (unpaired) electrons. The van der Waals surface area contributed by atoms with Crippen LogP contribution in [0, 0.1) is 6.92 Å². The monoisotopic (exact) mass is 214 g/mol. The lowest BCUT2D eigenvalue weighted by Gasteiger charge is -2.12. The highest BCUT2D eigenvalue weighted by molar-refractivity contribution is 6.32. The summed E-state index contributed by atoms with van der Waals surface area (Å²) in [5.41, 5.74) is 1.15. The van der Waals surface area contributed by atoms with E-state index >= 15 is 0 Å². The van der Waals surface area contributed by atoms with Gasteiger partial charge in [0, 0.05) is 5.56 Å². The van der Waals surface area contributed by atoms with Gasteiger partial charge in [-0.1, -0.05) is 11.6 Å². The fraction of sp³-hybridized carbons (Fsp3) is 0.300. The van der Waals surface area contributed by atoms with Gasteiger partial charge in [0.25, 0.3) is 0 Å². The molecule has 0 aliphatic rings. The summed E-state index contributed by atoms with van der Waals surface area (Å²) in [4.78, 5) is 10.7. The summed E-state index contributed by atoms with van der Waals surface area (Å²) in [5, 5.41) is 0.410. The van der Waals surface area contributed by atoms with Crippen molar-refractivity contribution in [1.82, 2.24) is 0 Å². The summed E-state index contributed by atoms with van der Waals surface area (Å²) in [6.45, 7) is 1.79. The Morgan fingerprint density at radius 3 is 2.29 bits per heavy atom. The van der Waals surface area contributed by atoms with Gasteiger partial charge in [-0.25, -0.2) is 0 Å².